The molecule has 0 radical (unpaired) electrons. The highest BCUT2D eigenvalue weighted by molar-refractivity contribution is 7.99. The molecule has 0 aromatic carbocycles. The van der Waals surface area contributed by atoms with Gasteiger partial charge in [-0.3, -0.25) is 0 Å². The van der Waals surface area contributed by atoms with Crippen LogP contribution in [0.5, 0.6) is 0 Å². The summed E-state index contributed by atoms with van der Waals surface area (Å²) in [5, 5.41) is 0. The molecule has 0 aliphatic rings. The number of nitrogen functional groups attached to an aromatic ring is 1. The lowest BCUT2D eigenvalue weighted by Gasteiger charge is -2.24. The SMILES string of the molecule is CCSCCc1nc(CC)n(C(C)(C)C)c1N. The van der Waals surface area contributed by atoms with Crippen LogP contribution in [0.4, 0.5) is 5.82 Å². The predicted octanol–water partition coefficient (Wildman–Crippen LogP) is 3.08. The highest BCUT2D eigenvalue weighted by Gasteiger charge is 2.22. The van der Waals surface area contributed by atoms with E-state index >= 15 is 0 Å². The lowest BCUT2D eigenvalue weighted by atomic mass is 10.1. The van der Waals surface area contributed by atoms with Crippen LogP contribution in [-0.2, 0) is 18.4 Å². The number of aryl methyl sites for hydroxylation is 2. The minimum atomic E-state index is 0.0125. The fourth-order valence-electron chi connectivity index (χ4n) is 2.01. The Hall–Kier alpha value is -0.640. The van der Waals surface area contributed by atoms with Gasteiger partial charge in [0.2, 0.25) is 0 Å². The minimum absolute atomic E-state index is 0.0125. The number of thioether (sulfide) groups is 1. The zero-order valence-corrected chi connectivity index (χ0v) is 12.5. The van der Waals surface area contributed by atoms with Gasteiger partial charge in [-0.2, -0.15) is 11.8 Å². The molecule has 0 saturated carbocycles. The smallest absolute Gasteiger partial charge is 0.127 e. The Morgan fingerprint density at radius 2 is 1.94 bits per heavy atom. The average molecular weight is 255 g/mol. The van der Waals surface area contributed by atoms with Crippen molar-refractivity contribution in [2.75, 3.05) is 17.2 Å². The molecule has 2 N–H and O–H groups in total. The molecular weight excluding hydrogens is 230 g/mol. The molecule has 0 amide bonds. The van der Waals surface area contributed by atoms with Crippen LogP contribution in [-0.4, -0.2) is 21.1 Å². The van der Waals surface area contributed by atoms with Crippen molar-refractivity contribution in [3.63, 3.8) is 0 Å². The maximum Gasteiger partial charge on any atom is 0.127 e. The van der Waals surface area contributed by atoms with Crippen LogP contribution in [0.1, 0.15) is 46.1 Å². The molecule has 0 unspecified atom stereocenters. The molecule has 1 aromatic heterocycles. The number of rotatable bonds is 5. The van der Waals surface area contributed by atoms with Crippen molar-refractivity contribution >= 4 is 17.6 Å². The Morgan fingerprint density at radius 3 is 2.35 bits per heavy atom. The first-order valence-electron chi connectivity index (χ1n) is 6.36. The summed E-state index contributed by atoms with van der Waals surface area (Å²) in [6, 6.07) is 0. The molecule has 0 fully saturated rings. The van der Waals surface area contributed by atoms with E-state index in [1.54, 1.807) is 0 Å². The van der Waals surface area contributed by atoms with Crippen LogP contribution < -0.4 is 5.73 Å². The highest BCUT2D eigenvalue weighted by Crippen LogP contribution is 2.25. The van der Waals surface area contributed by atoms with Gasteiger partial charge in [0.05, 0.1) is 5.69 Å². The molecule has 1 aromatic rings. The Kier molecular flexibility index (Phi) is 4.92. The molecule has 0 spiro atoms. The van der Waals surface area contributed by atoms with E-state index in [1.807, 2.05) is 11.8 Å². The number of nitrogens with two attached hydrogens (primary N) is 1. The van der Waals surface area contributed by atoms with Crippen molar-refractivity contribution in [2.45, 2.75) is 53.0 Å². The Labute approximate surface area is 109 Å². The standard InChI is InChI=1S/C13H25N3S/c1-6-11-15-10(8-9-17-7-2)12(14)16(11)13(3,4)5/h6-9,14H2,1-5H3. The maximum absolute atomic E-state index is 6.24. The first kappa shape index (κ1) is 14.4. The lowest BCUT2D eigenvalue weighted by molar-refractivity contribution is 0.389. The van der Waals surface area contributed by atoms with Crippen molar-refractivity contribution < 1.29 is 0 Å². The van der Waals surface area contributed by atoms with Crippen LogP contribution >= 0.6 is 11.8 Å². The van der Waals surface area contributed by atoms with E-state index in [0.29, 0.717) is 0 Å². The van der Waals surface area contributed by atoms with E-state index in [-0.39, 0.29) is 5.54 Å². The van der Waals surface area contributed by atoms with Gasteiger partial charge in [0.15, 0.2) is 0 Å². The second-order valence-electron chi connectivity index (χ2n) is 5.17. The molecule has 17 heavy (non-hydrogen) atoms. The third-order valence-electron chi connectivity index (χ3n) is 2.73. The molecule has 1 rings (SSSR count). The number of imidazole rings is 1. The summed E-state index contributed by atoms with van der Waals surface area (Å²) in [5.74, 6) is 4.21. The van der Waals surface area contributed by atoms with E-state index in [2.05, 4.69) is 39.2 Å². The molecule has 4 heteroatoms. The van der Waals surface area contributed by atoms with Gasteiger partial charge >= 0.3 is 0 Å². The zero-order chi connectivity index (χ0) is 13.1. The topological polar surface area (TPSA) is 43.8 Å². The normalized spacial score (nSPS) is 12.1. The molecule has 98 valence electrons. The van der Waals surface area contributed by atoms with Gasteiger partial charge in [-0.15, -0.1) is 0 Å². The van der Waals surface area contributed by atoms with E-state index in [0.717, 1.165) is 41.7 Å². The summed E-state index contributed by atoms with van der Waals surface area (Å²) in [6.07, 6.45) is 1.91. The van der Waals surface area contributed by atoms with Crippen molar-refractivity contribution in [1.29, 1.82) is 0 Å². The first-order chi connectivity index (χ1) is 7.91. The summed E-state index contributed by atoms with van der Waals surface area (Å²) >= 11 is 1.94. The Bertz CT molecular complexity index is 363. The average Bonchev–Trinajstić information content (AvgIpc) is 2.55. The van der Waals surface area contributed by atoms with Gasteiger partial charge in [0, 0.05) is 18.4 Å². The molecule has 1 heterocycles. The molecule has 0 aliphatic carbocycles. The van der Waals surface area contributed by atoms with Gasteiger partial charge in [-0.1, -0.05) is 13.8 Å². The summed E-state index contributed by atoms with van der Waals surface area (Å²) in [6.45, 7) is 10.8. The van der Waals surface area contributed by atoms with Crippen LogP contribution in [0, 0.1) is 0 Å². The molecule has 0 bridgehead atoms. The van der Waals surface area contributed by atoms with Gasteiger partial charge in [0.1, 0.15) is 11.6 Å². The van der Waals surface area contributed by atoms with Gasteiger partial charge in [-0.05, 0) is 32.3 Å². The number of hydrogen-bond acceptors (Lipinski definition) is 3. The summed E-state index contributed by atoms with van der Waals surface area (Å²) in [4.78, 5) is 4.69. The summed E-state index contributed by atoms with van der Waals surface area (Å²) in [5.41, 5.74) is 7.32. The largest absolute Gasteiger partial charge is 0.384 e. The minimum Gasteiger partial charge on any atom is -0.384 e. The monoisotopic (exact) mass is 255 g/mol. The molecule has 0 atom stereocenters. The van der Waals surface area contributed by atoms with Gasteiger partial charge < -0.3 is 10.3 Å². The second-order valence-corrected chi connectivity index (χ2v) is 6.56. The Balaban J connectivity index is 2.98. The number of nitrogens with zero attached hydrogens (tertiary/aromatic N) is 2. The zero-order valence-electron chi connectivity index (χ0n) is 11.7. The molecular formula is C13H25N3S. The highest BCUT2D eigenvalue weighted by atomic mass is 32.2. The fourth-order valence-corrected chi connectivity index (χ4v) is 2.64. The fraction of sp³-hybridized carbons (Fsp3) is 0.769. The predicted molar refractivity (Wildman–Crippen MR) is 77.7 cm³/mol. The van der Waals surface area contributed by atoms with E-state index < -0.39 is 0 Å². The summed E-state index contributed by atoms with van der Waals surface area (Å²) < 4.78 is 2.18. The third kappa shape index (κ3) is 3.41. The van der Waals surface area contributed by atoms with E-state index in [4.69, 9.17) is 10.7 Å². The van der Waals surface area contributed by atoms with Gasteiger partial charge in [0.25, 0.3) is 0 Å². The Morgan fingerprint density at radius 1 is 1.29 bits per heavy atom. The summed E-state index contributed by atoms with van der Waals surface area (Å²) in [7, 11) is 0. The van der Waals surface area contributed by atoms with E-state index in [9.17, 15) is 0 Å². The van der Waals surface area contributed by atoms with Crippen LogP contribution in [0.3, 0.4) is 0 Å². The van der Waals surface area contributed by atoms with Crippen molar-refractivity contribution in [3.8, 4) is 0 Å². The number of aromatic nitrogens is 2. The number of hydrogen-bond donors (Lipinski definition) is 1. The first-order valence-corrected chi connectivity index (χ1v) is 7.51. The lowest BCUT2D eigenvalue weighted by Crippen LogP contribution is -2.25. The van der Waals surface area contributed by atoms with Crippen molar-refractivity contribution in [1.82, 2.24) is 9.55 Å². The van der Waals surface area contributed by atoms with Crippen LogP contribution in [0.25, 0.3) is 0 Å². The molecule has 0 saturated heterocycles. The molecule has 3 nitrogen and oxygen atoms in total. The maximum atomic E-state index is 6.24. The third-order valence-corrected chi connectivity index (χ3v) is 3.63. The van der Waals surface area contributed by atoms with E-state index in [1.165, 1.54) is 0 Å². The molecule has 0 aliphatic heterocycles. The van der Waals surface area contributed by atoms with Gasteiger partial charge in [-0.25, -0.2) is 4.98 Å². The van der Waals surface area contributed by atoms with Crippen molar-refractivity contribution in [3.05, 3.63) is 11.5 Å². The van der Waals surface area contributed by atoms with Crippen LogP contribution in [0.2, 0.25) is 0 Å². The van der Waals surface area contributed by atoms with Crippen LogP contribution in [0.15, 0.2) is 0 Å². The van der Waals surface area contributed by atoms with Crippen molar-refractivity contribution in [2.24, 2.45) is 0 Å². The second kappa shape index (κ2) is 5.80. The number of anilines is 1. The quantitative estimate of drug-likeness (QED) is 0.822.